The second-order valence-corrected chi connectivity index (χ2v) is 6.41. The van der Waals surface area contributed by atoms with Crippen LogP contribution < -0.4 is 9.80 Å². The number of carbonyl (C=O) groups is 1. The zero-order valence-corrected chi connectivity index (χ0v) is 15.9. The third kappa shape index (κ3) is 5.06. The third-order valence-corrected chi connectivity index (χ3v) is 4.59. The van der Waals surface area contributed by atoms with Gasteiger partial charge in [-0.2, -0.15) is 4.98 Å². The van der Waals surface area contributed by atoms with Crippen LogP contribution in [0.3, 0.4) is 0 Å². The summed E-state index contributed by atoms with van der Waals surface area (Å²) in [4.78, 5) is 30.9. The topological polar surface area (TPSA) is 74.7 Å². The zero-order chi connectivity index (χ0) is 19.1. The number of ether oxygens (including phenoxy) is 1. The number of piperazine rings is 1. The Kier molecular flexibility index (Phi) is 6.40. The number of pyridine rings is 1. The molecule has 8 heteroatoms. The second-order valence-electron chi connectivity index (χ2n) is 6.41. The van der Waals surface area contributed by atoms with E-state index in [9.17, 15) is 4.79 Å². The van der Waals surface area contributed by atoms with Crippen molar-refractivity contribution in [3.05, 3.63) is 42.4 Å². The molecule has 3 heterocycles. The number of hydrogen-bond donors (Lipinski definition) is 0. The van der Waals surface area contributed by atoms with Crippen LogP contribution in [0.15, 0.2) is 36.8 Å². The number of aromatic nitrogens is 3. The van der Waals surface area contributed by atoms with Gasteiger partial charge in [-0.05, 0) is 37.1 Å². The fourth-order valence-electron chi connectivity index (χ4n) is 2.97. The summed E-state index contributed by atoms with van der Waals surface area (Å²) in [6.07, 6.45) is 6.10. The van der Waals surface area contributed by atoms with Gasteiger partial charge in [0.1, 0.15) is 5.82 Å². The maximum Gasteiger partial charge on any atom is 0.409 e. The van der Waals surface area contributed by atoms with E-state index < -0.39 is 0 Å². The van der Waals surface area contributed by atoms with Crippen LogP contribution in [0.1, 0.15) is 12.5 Å². The van der Waals surface area contributed by atoms with Gasteiger partial charge in [-0.1, -0.05) is 0 Å². The number of nitrogens with zero attached hydrogens (tertiary/aromatic N) is 6. The van der Waals surface area contributed by atoms with Crippen molar-refractivity contribution in [1.82, 2.24) is 19.9 Å². The summed E-state index contributed by atoms with van der Waals surface area (Å²) < 4.78 is 5.06. The first kappa shape index (κ1) is 18.9. The molecule has 1 saturated heterocycles. The Balaban J connectivity index is 1.56. The Morgan fingerprint density at radius 2 is 1.89 bits per heavy atom. The highest BCUT2D eigenvalue weighted by Gasteiger charge is 2.23. The predicted molar refractivity (Wildman–Crippen MR) is 104 cm³/mol. The fourth-order valence-corrected chi connectivity index (χ4v) is 2.97. The lowest BCUT2D eigenvalue weighted by Gasteiger charge is -2.34. The molecule has 0 aliphatic carbocycles. The molecule has 0 saturated carbocycles. The first-order chi connectivity index (χ1) is 13.2. The van der Waals surface area contributed by atoms with Gasteiger partial charge in [0.05, 0.1) is 6.61 Å². The summed E-state index contributed by atoms with van der Waals surface area (Å²) >= 11 is 0. The summed E-state index contributed by atoms with van der Waals surface area (Å²) in [6.45, 7) is 5.70. The molecule has 1 aliphatic rings. The highest BCUT2D eigenvalue weighted by molar-refractivity contribution is 5.68. The monoisotopic (exact) mass is 370 g/mol. The van der Waals surface area contributed by atoms with E-state index in [2.05, 4.69) is 19.8 Å². The lowest BCUT2D eigenvalue weighted by atomic mass is 10.2. The molecule has 0 atom stereocenters. The van der Waals surface area contributed by atoms with Crippen molar-refractivity contribution in [2.75, 3.05) is 56.2 Å². The fraction of sp³-hybridized carbons (Fsp3) is 0.474. The van der Waals surface area contributed by atoms with Gasteiger partial charge >= 0.3 is 6.09 Å². The Morgan fingerprint density at radius 3 is 2.59 bits per heavy atom. The third-order valence-electron chi connectivity index (χ3n) is 4.59. The van der Waals surface area contributed by atoms with Crippen LogP contribution in [-0.2, 0) is 11.2 Å². The van der Waals surface area contributed by atoms with Crippen molar-refractivity contribution < 1.29 is 9.53 Å². The molecule has 8 nitrogen and oxygen atoms in total. The Hall–Kier alpha value is -2.90. The highest BCUT2D eigenvalue weighted by atomic mass is 16.6. The number of amides is 1. The molecule has 0 spiro atoms. The van der Waals surface area contributed by atoms with Crippen LogP contribution >= 0.6 is 0 Å². The highest BCUT2D eigenvalue weighted by Crippen LogP contribution is 2.16. The molecular weight excluding hydrogens is 344 g/mol. The minimum absolute atomic E-state index is 0.248. The molecule has 1 aliphatic heterocycles. The van der Waals surface area contributed by atoms with Crippen molar-refractivity contribution in [2.45, 2.75) is 13.3 Å². The smallest absolute Gasteiger partial charge is 0.409 e. The number of anilines is 2. The van der Waals surface area contributed by atoms with Crippen LogP contribution in [0, 0.1) is 0 Å². The van der Waals surface area contributed by atoms with Gasteiger partial charge in [0, 0.05) is 58.4 Å². The van der Waals surface area contributed by atoms with Crippen molar-refractivity contribution >= 4 is 17.9 Å². The first-order valence-corrected chi connectivity index (χ1v) is 9.27. The first-order valence-electron chi connectivity index (χ1n) is 9.27. The summed E-state index contributed by atoms with van der Waals surface area (Å²) in [5.41, 5.74) is 1.25. The molecule has 3 rings (SSSR count). The molecular formula is C19H26N6O2. The Labute approximate surface area is 159 Å². The average molecular weight is 370 g/mol. The van der Waals surface area contributed by atoms with E-state index in [0.717, 1.165) is 18.8 Å². The number of likely N-dealkylation sites (N-methyl/N-ethyl adjacent to an activating group) is 1. The molecule has 0 N–H and O–H groups in total. The molecule has 1 fully saturated rings. The Bertz CT molecular complexity index is 734. The molecule has 0 aromatic carbocycles. The van der Waals surface area contributed by atoms with Crippen molar-refractivity contribution in [3.63, 3.8) is 0 Å². The SMILES string of the molecule is CCOC(=O)N1CCN(c2nccc(N(C)CCc3ccncc3)n2)CC1. The predicted octanol–water partition coefficient (Wildman–Crippen LogP) is 1.83. The second kappa shape index (κ2) is 9.16. The van der Waals surface area contributed by atoms with Crippen LogP contribution in [0.4, 0.5) is 16.6 Å². The molecule has 2 aromatic heterocycles. The van der Waals surface area contributed by atoms with Crippen LogP contribution in [-0.4, -0.2) is 72.3 Å². The maximum absolute atomic E-state index is 11.8. The van der Waals surface area contributed by atoms with Crippen molar-refractivity contribution in [1.29, 1.82) is 0 Å². The molecule has 0 bridgehead atoms. The van der Waals surface area contributed by atoms with Crippen molar-refractivity contribution in [3.8, 4) is 0 Å². The lowest BCUT2D eigenvalue weighted by molar-refractivity contribution is 0.105. The van der Waals surface area contributed by atoms with Gasteiger partial charge < -0.3 is 19.4 Å². The van der Waals surface area contributed by atoms with Gasteiger partial charge in [-0.25, -0.2) is 9.78 Å². The van der Waals surface area contributed by atoms with Crippen LogP contribution in [0.25, 0.3) is 0 Å². The number of rotatable bonds is 6. The van der Waals surface area contributed by atoms with E-state index in [1.807, 2.05) is 44.6 Å². The van der Waals surface area contributed by atoms with Gasteiger partial charge in [0.15, 0.2) is 0 Å². The maximum atomic E-state index is 11.8. The number of carbonyl (C=O) groups excluding carboxylic acids is 1. The van der Waals surface area contributed by atoms with Gasteiger partial charge in [0.2, 0.25) is 5.95 Å². The van der Waals surface area contributed by atoms with Crippen molar-refractivity contribution in [2.24, 2.45) is 0 Å². The zero-order valence-electron chi connectivity index (χ0n) is 15.9. The summed E-state index contributed by atoms with van der Waals surface area (Å²) in [6, 6.07) is 5.98. The largest absolute Gasteiger partial charge is 0.450 e. The molecule has 2 aromatic rings. The van der Waals surface area contributed by atoms with Crippen LogP contribution in [0.5, 0.6) is 0 Å². The van der Waals surface area contributed by atoms with E-state index in [-0.39, 0.29) is 6.09 Å². The van der Waals surface area contributed by atoms with Gasteiger partial charge in [-0.3, -0.25) is 4.98 Å². The van der Waals surface area contributed by atoms with Crippen LogP contribution in [0.2, 0.25) is 0 Å². The van der Waals surface area contributed by atoms with Gasteiger partial charge in [-0.15, -0.1) is 0 Å². The quantitative estimate of drug-likeness (QED) is 0.768. The molecule has 144 valence electrons. The van der Waals surface area contributed by atoms with E-state index in [1.54, 1.807) is 11.1 Å². The van der Waals surface area contributed by atoms with E-state index in [1.165, 1.54) is 5.56 Å². The molecule has 0 radical (unpaired) electrons. The average Bonchev–Trinajstić information content (AvgIpc) is 2.73. The summed E-state index contributed by atoms with van der Waals surface area (Å²) in [5, 5.41) is 0. The standard InChI is InChI=1S/C19H26N6O2/c1-3-27-19(26)25-14-12-24(13-15-25)18-21-10-6-17(22-18)23(2)11-7-16-4-8-20-9-5-16/h4-6,8-10H,3,7,11-15H2,1-2H3. The summed E-state index contributed by atoms with van der Waals surface area (Å²) in [5.74, 6) is 1.59. The molecule has 27 heavy (non-hydrogen) atoms. The normalized spacial score (nSPS) is 14.1. The van der Waals surface area contributed by atoms with E-state index in [0.29, 0.717) is 38.7 Å². The van der Waals surface area contributed by atoms with Gasteiger partial charge in [0.25, 0.3) is 0 Å². The van der Waals surface area contributed by atoms with E-state index in [4.69, 9.17) is 9.72 Å². The minimum Gasteiger partial charge on any atom is -0.450 e. The van der Waals surface area contributed by atoms with E-state index >= 15 is 0 Å². The lowest BCUT2D eigenvalue weighted by Crippen LogP contribution is -2.49. The molecule has 1 amide bonds. The summed E-state index contributed by atoms with van der Waals surface area (Å²) in [7, 11) is 2.03. The Morgan fingerprint density at radius 1 is 1.15 bits per heavy atom. The number of hydrogen-bond acceptors (Lipinski definition) is 7. The molecule has 0 unspecified atom stereocenters. The minimum atomic E-state index is -0.248.